The maximum atomic E-state index is 6.04. The van der Waals surface area contributed by atoms with E-state index in [9.17, 15) is 0 Å². The van der Waals surface area contributed by atoms with Crippen molar-refractivity contribution in [3.05, 3.63) is 15.6 Å². The smallest absolute Gasteiger partial charge is 0.231 e. The molecule has 13 heavy (non-hydrogen) atoms. The lowest BCUT2D eigenvalue weighted by Gasteiger charge is -2.07. The van der Waals surface area contributed by atoms with Gasteiger partial charge in [-0.15, -0.1) is 0 Å². The first-order chi connectivity index (χ1) is 6.24. The molecule has 0 unspecified atom stereocenters. The molecule has 1 aromatic rings. The number of ether oxygens (including phenoxy) is 2. The summed E-state index contributed by atoms with van der Waals surface area (Å²) in [6, 6.07) is 1.86. The third-order valence-electron chi connectivity index (χ3n) is 1.81. The molecule has 0 fully saturated rings. The highest BCUT2D eigenvalue weighted by Gasteiger charge is 2.22. The fourth-order valence-electron chi connectivity index (χ4n) is 1.18. The van der Waals surface area contributed by atoms with E-state index in [4.69, 9.17) is 21.1 Å². The van der Waals surface area contributed by atoms with Crippen LogP contribution in [0.4, 0.5) is 5.69 Å². The van der Waals surface area contributed by atoms with Crippen LogP contribution in [0, 0.1) is 0 Å². The largest absolute Gasteiger partial charge is 0.452 e. The molecule has 0 aliphatic carbocycles. The van der Waals surface area contributed by atoms with Crippen LogP contribution < -0.4 is 14.8 Å². The number of hydrogen-bond acceptors (Lipinski definition) is 3. The molecule has 1 aromatic carbocycles. The van der Waals surface area contributed by atoms with Crippen molar-refractivity contribution >= 4 is 33.2 Å². The summed E-state index contributed by atoms with van der Waals surface area (Å²) in [5, 5.41) is 3.52. The van der Waals surface area contributed by atoms with Crippen LogP contribution in [0.25, 0.3) is 0 Å². The highest BCUT2D eigenvalue weighted by Crippen LogP contribution is 2.47. The van der Waals surface area contributed by atoms with Gasteiger partial charge in [0.05, 0.1) is 10.2 Å². The molecule has 1 aliphatic rings. The predicted molar refractivity (Wildman–Crippen MR) is 54.8 cm³/mol. The van der Waals surface area contributed by atoms with Gasteiger partial charge in [0.25, 0.3) is 0 Å². The number of halogens is 2. The quantitative estimate of drug-likeness (QED) is 0.846. The van der Waals surface area contributed by atoms with Gasteiger partial charge in [-0.1, -0.05) is 11.6 Å². The van der Waals surface area contributed by atoms with Crippen molar-refractivity contribution in [2.45, 2.75) is 0 Å². The van der Waals surface area contributed by atoms with Gasteiger partial charge in [-0.3, -0.25) is 0 Å². The molecular formula is C8H7BrClNO2. The fourth-order valence-corrected chi connectivity index (χ4v) is 1.99. The van der Waals surface area contributed by atoms with Gasteiger partial charge in [-0.2, -0.15) is 0 Å². The summed E-state index contributed by atoms with van der Waals surface area (Å²) in [6.45, 7) is 0.223. The molecule has 70 valence electrons. The van der Waals surface area contributed by atoms with Crippen LogP contribution in [0.3, 0.4) is 0 Å². The van der Waals surface area contributed by atoms with Crippen LogP contribution in [0.1, 0.15) is 0 Å². The van der Waals surface area contributed by atoms with Crippen LogP contribution in [0.15, 0.2) is 10.5 Å². The van der Waals surface area contributed by atoms with Crippen molar-refractivity contribution in [2.24, 2.45) is 0 Å². The first kappa shape index (κ1) is 8.97. The summed E-state index contributed by atoms with van der Waals surface area (Å²) < 4.78 is 11.3. The molecule has 0 amide bonds. The second-order valence-corrected chi connectivity index (χ2v) is 3.77. The molecule has 0 radical (unpaired) electrons. The van der Waals surface area contributed by atoms with E-state index in [1.54, 1.807) is 7.05 Å². The van der Waals surface area contributed by atoms with Crippen molar-refractivity contribution in [2.75, 3.05) is 19.2 Å². The van der Waals surface area contributed by atoms with Gasteiger partial charge in [0.2, 0.25) is 6.79 Å². The molecule has 2 rings (SSSR count). The molecule has 1 N–H and O–H groups in total. The fraction of sp³-hybridized carbons (Fsp3) is 0.250. The molecule has 1 aliphatic heterocycles. The lowest BCUT2D eigenvalue weighted by molar-refractivity contribution is 0.173. The SMILES string of the molecule is CNc1cc(Br)c2c(c1Cl)OCO2. The molecule has 0 atom stereocenters. The number of anilines is 1. The van der Waals surface area contributed by atoms with Gasteiger partial charge < -0.3 is 14.8 Å². The van der Waals surface area contributed by atoms with E-state index in [0.717, 1.165) is 10.2 Å². The molecule has 5 heteroatoms. The van der Waals surface area contributed by atoms with Gasteiger partial charge >= 0.3 is 0 Å². The van der Waals surface area contributed by atoms with Crippen molar-refractivity contribution < 1.29 is 9.47 Å². The molecule has 0 spiro atoms. The summed E-state index contributed by atoms with van der Waals surface area (Å²) in [6.07, 6.45) is 0. The molecular weight excluding hydrogens is 257 g/mol. The molecule has 0 saturated carbocycles. The summed E-state index contributed by atoms with van der Waals surface area (Å²) in [5.41, 5.74) is 0.817. The second kappa shape index (κ2) is 3.27. The zero-order chi connectivity index (χ0) is 9.42. The average molecular weight is 265 g/mol. The molecule has 1 heterocycles. The van der Waals surface area contributed by atoms with E-state index >= 15 is 0 Å². The van der Waals surface area contributed by atoms with Gasteiger partial charge in [0.1, 0.15) is 5.02 Å². The minimum atomic E-state index is 0.223. The molecule has 0 saturated heterocycles. The van der Waals surface area contributed by atoms with E-state index in [-0.39, 0.29) is 6.79 Å². The minimum Gasteiger partial charge on any atom is -0.452 e. The Kier molecular flexibility index (Phi) is 2.26. The molecule has 3 nitrogen and oxygen atoms in total. The van der Waals surface area contributed by atoms with Gasteiger partial charge in [0, 0.05) is 7.05 Å². The number of benzene rings is 1. The van der Waals surface area contributed by atoms with Crippen molar-refractivity contribution in [3.63, 3.8) is 0 Å². The highest BCUT2D eigenvalue weighted by atomic mass is 79.9. The lowest BCUT2D eigenvalue weighted by atomic mass is 10.3. The second-order valence-electron chi connectivity index (χ2n) is 2.53. The topological polar surface area (TPSA) is 30.5 Å². The first-order valence-electron chi connectivity index (χ1n) is 3.69. The lowest BCUT2D eigenvalue weighted by Crippen LogP contribution is -1.93. The number of fused-ring (bicyclic) bond motifs is 1. The van der Waals surface area contributed by atoms with E-state index in [1.807, 2.05) is 6.07 Å². The maximum absolute atomic E-state index is 6.04. The van der Waals surface area contributed by atoms with Gasteiger partial charge in [-0.25, -0.2) is 0 Å². The Labute approximate surface area is 89.1 Å². The third-order valence-corrected chi connectivity index (χ3v) is 2.77. The summed E-state index contributed by atoms with van der Waals surface area (Å²) >= 11 is 9.41. The maximum Gasteiger partial charge on any atom is 0.231 e. The normalized spacial score (nSPS) is 13.2. The van der Waals surface area contributed by atoms with Crippen LogP contribution in [0.5, 0.6) is 11.5 Å². The summed E-state index contributed by atoms with van der Waals surface area (Å²) in [7, 11) is 1.80. The van der Waals surface area contributed by atoms with E-state index in [1.165, 1.54) is 0 Å². The van der Waals surface area contributed by atoms with Gasteiger partial charge in [0.15, 0.2) is 11.5 Å². The van der Waals surface area contributed by atoms with Crippen molar-refractivity contribution in [3.8, 4) is 11.5 Å². The molecule has 0 aromatic heterocycles. The highest BCUT2D eigenvalue weighted by molar-refractivity contribution is 9.10. The average Bonchev–Trinajstić information content (AvgIpc) is 2.60. The zero-order valence-electron chi connectivity index (χ0n) is 6.86. The van der Waals surface area contributed by atoms with Crippen LogP contribution >= 0.6 is 27.5 Å². The van der Waals surface area contributed by atoms with E-state index < -0.39 is 0 Å². The Bertz CT molecular complexity index is 356. The van der Waals surface area contributed by atoms with Crippen LogP contribution in [-0.4, -0.2) is 13.8 Å². The Morgan fingerprint density at radius 1 is 1.46 bits per heavy atom. The van der Waals surface area contributed by atoms with E-state index in [0.29, 0.717) is 16.5 Å². The Balaban J connectivity index is 2.62. The first-order valence-corrected chi connectivity index (χ1v) is 4.86. The summed E-state index contributed by atoms with van der Waals surface area (Å²) in [4.78, 5) is 0. The van der Waals surface area contributed by atoms with Gasteiger partial charge in [-0.05, 0) is 22.0 Å². The standard InChI is InChI=1S/C8H7BrClNO2/c1-11-5-2-4(9)7-8(6(5)10)13-3-12-7/h2,11H,3H2,1H3. The van der Waals surface area contributed by atoms with Crippen molar-refractivity contribution in [1.29, 1.82) is 0 Å². The Hall–Kier alpha value is -0.610. The number of nitrogens with one attached hydrogen (secondary N) is 1. The number of rotatable bonds is 1. The Morgan fingerprint density at radius 2 is 2.15 bits per heavy atom. The minimum absolute atomic E-state index is 0.223. The number of hydrogen-bond donors (Lipinski definition) is 1. The Morgan fingerprint density at radius 3 is 2.85 bits per heavy atom. The zero-order valence-corrected chi connectivity index (χ0v) is 9.20. The molecule has 0 bridgehead atoms. The van der Waals surface area contributed by atoms with E-state index in [2.05, 4.69) is 21.2 Å². The monoisotopic (exact) mass is 263 g/mol. The third kappa shape index (κ3) is 1.34. The van der Waals surface area contributed by atoms with Crippen molar-refractivity contribution in [1.82, 2.24) is 0 Å². The summed E-state index contributed by atoms with van der Waals surface area (Å²) in [5.74, 6) is 1.27. The van der Waals surface area contributed by atoms with Crippen LogP contribution in [0.2, 0.25) is 5.02 Å². The van der Waals surface area contributed by atoms with Crippen LogP contribution in [-0.2, 0) is 0 Å². The predicted octanol–water partition coefficient (Wildman–Crippen LogP) is 2.87.